The Morgan fingerprint density at radius 3 is 2.60 bits per heavy atom. The molecule has 2 aromatic carbocycles. The van der Waals surface area contributed by atoms with E-state index >= 15 is 0 Å². The number of carbonyl (C=O) groups is 2. The molecular weight excluding hydrogens is 444 g/mol. The number of nitrogens with zero attached hydrogens (tertiary/aromatic N) is 1. The van der Waals surface area contributed by atoms with Gasteiger partial charge >= 0.3 is 6.03 Å². The van der Waals surface area contributed by atoms with E-state index < -0.39 is 0 Å². The Balaban J connectivity index is 1.30. The Kier molecular flexibility index (Phi) is 8.71. The van der Waals surface area contributed by atoms with Gasteiger partial charge < -0.3 is 16.0 Å². The molecule has 7 heteroatoms. The lowest BCUT2D eigenvalue weighted by Crippen LogP contribution is -2.45. The van der Waals surface area contributed by atoms with Crippen LogP contribution in [0.15, 0.2) is 59.1 Å². The van der Waals surface area contributed by atoms with Crippen LogP contribution in [-0.4, -0.2) is 49.6 Å². The smallest absolute Gasteiger partial charge is 0.314 e. The van der Waals surface area contributed by atoms with Gasteiger partial charge in [0.1, 0.15) is 0 Å². The standard InChI is InChI=1S/C23H29BrN4O2/c24-21-10-4-9-20(14-21)22(29)25-11-12-26-23(30)27-15-19-8-5-13-28(17-19)16-18-6-2-1-3-7-18/h1-4,6-7,9-10,14,19H,5,8,11-13,15-17H2,(H,25,29)(H2,26,27,30). The fourth-order valence-corrected chi connectivity index (χ4v) is 4.09. The second kappa shape index (κ2) is 11.7. The van der Waals surface area contributed by atoms with Crippen LogP contribution in [0.2, 0.25) is 0 Å². The maximum Gasteiger partial charge on any atom is 0.314 e. The predicted molar refractivity (Wildman–Crippen MR) is 122 cm³/mol. The van der Waals surface area contributed by atoms with Crippen LogP contribution in [-0.2, 0) is 6.54 Å². The van der Waals surface area contributed by atoms with Gasteiger partial charge in [0, 0.05) is 42.8 Å². The summed E-state index contributed by atoms with van der Waals surface area (Å²) in [6.45, 7) is 4.50. The second-order valence-electron chi connectivity index (χ2n) is 7.63. The third kappa shape index (κ3) is 7.46. The fraction of sp³-hybridized carbons (Fsp3) is 0.391. The van der Waals surface area contributed by atoms with Gasteiger partial charge in [-0.05, 0) is 49.1 Å². The molecule has 1 saturated heterocycles. The lowest BCUT2D eigenvalue weighted by molar-refractivity contribution is 0.0953. The number of nitrogens with one attached hydrogen (secondary N) is 3. The molecule has 30 heavy (non-hydrogen) atoms. The molecule has 3 rings (SSSR count). The highest BCUT2D eigenvalue weighted by molar-refractivity contribution is 9.10. The van der Waals surface area contributed by atoms with Gasteiger partial charge in [-0.15, -0.1) is 0 Å². The number of urea groups is 1. The molecule has 3 N–H and O–H groups in total. The van der Waals surface area contributed by atoms with E-state index in [0.29, 0.717) is 31.1 Å². The number of benzene rings is 2. The van der Waals surface area contributed by atoms with Gasteiger partial charge in [-0.1, -0.05) is 52.3 Å². The van der Waals surface area contributed by atoms with Crippen LogP contribution in [0.3, 0.4) is 0 Å². The summed E-state index contributed by atoms with van der Waals surface area (Å²) < 4.78 is 0.859. The normalized spacial score (nSPS) is 16.6. The molecule has 6 nitrogen and oxygen atoms in total. The Morgan fingerprint density at radius 2 is 1.80 bits per heavy atom. The molecule has 1 unspecified atom stereocenters. The highest BCUT2D eigenvalue weighted by atomic mass is 79.9. The molecule has 0 bridgehead atoms. The lowest BCUT2D eigenvalue weighted by atomic mass is 9.97. The van der Waals surface area contributed by atoms with Gasteiger partial charge in [0.2, 0.25) is 0 Å². The molecule has 1 atom stereocenters. The average Bonchev–Trinajstić information content (AvgIpc) is 2.76. The molecule has 2 aromatic rings. The summed E-state index contributed by atoms with van der Waals surface area (Å²) in [5.41, 5.74) is 1.92. The summed E-state index contributed by atoms with van der Waals surface area (Å²) >= 11 is 3.35. The summed E-state index contributed by atoms with van der Waals surface area (Å²) in [7, 11) is 0. The molecule has 0 spiro atoms. The fourth-order valence-electron chi connectivity index (χ4n) is 3.69. The largest absolute Gasteiger partial charge is 0.350 e. The van der Waals surface area contributed by atoms with E-state index in [0.717, 1.165) is 36.9 Å². The summed E-state index contributed by atoms with van der Waals surface area (Å²) in [5, 5.41) is 8.58. The first-order valence-corrected chi connectivity index (χ1v) is 11.2. The van der Waals surface area contributed by atoms with Crippen molar-refractivity contribution in [3.8, 4) is 0 Å². The quantitative estimate of drug-likeness (QED) is 0.515. The van der Waals surface area contributed by atoms with Crippen molar-refractivity contribution in [3.63, 3.8) is 0 Å². The SMILES string of the molecule is O=C(NCCNC(=O)c1cccc(Br)c1)NCC1CCCN(Cc2ccccc2)C1. The Morgan fingerprint density at radius 1 is 1.00 bits per heavy atom. The zero-order valence-electron chi connectivity index (χ0n) is 17.1. The Bertz CT molecular complexity index is 831. The highest BCUT2D eigenvalue weighted by Gasteiger charge is 2.20. The number of halogens is 1. The topological polar surface area (TPSA) is 73.5 Å². The van der Waals surface area contributed by atoms with E-state index in [-0.39, 0.29) is 11.9 Å². The number of hydrogen-bond acceptors (Lipinski definition) is 3. The molecular formula is C23H29BrN4O2. The van der Waals surface area contributed by atoms with Crippen molar-refractivity contribution in [2.75, 3.05) is 32.7 Å². The second-order valence-corrected chi connectivity index (χ2v) is 8.55. The van der Waals surface area contributed by atoms with E-state index in [1.165, 1.54) is 5.56 Å². The summed E-state index contributed by atoms with van der Waals surface area (Å²) in [6.07, 6.45) is 2.29. The molecule has 0 aliphatic carbocycles. The zero-order chi connectivity index (χ0) is 21.2. The van der Waals surface area contributed by atoms with Gasteiger partial charge in [-0.3, -0.25) is 9.69 Å². The molecule has 0 radical (unpaired) electrons. The number of rotatable bonds is 8. The number of hydrogen-bond donors (Lipinski definition) is 3. The van der Waals surface area contributed by atoms with E-state index in [2.05, 4.69) is 61.0 Å². The van der Waals surface area contributed by atoms with Crippen molar-refractivity contribution < 1.29 is 9.59 Å². The summed E-state index contributed by atoms with van der Waals surface area (Å²) in [4.78, 5) is 26.6. The van der Waals surface area contributed by atoms with E-state index in [1.807, 2.05) is 18.2 Å². The third-order valence-corrected chi connectivity index (χ3v) is 5.68. The van der Waals surface area contributed by atoms with Crippen molar-refractivity contribution in [3.05, 3.63) is 70.2 Å². The minimum Gasteiger partial charge on any atom is -0.350 e. The first-order chi connectivity index (χ1) is 14.6. The van der Waals surface area contributed by atoms with Crippen molar-refractivity contribution >= 4 is 27.9 Å². The van der Waals surface area contributed by atoms with Crippen LogP contribution in [0, 0.1) is 5.92 Å². The number of piperidine rings is 1. The van der Waals surface area contributed by atoms with Crippen molar-refractivity contribution in [2.24, 2.45) is 5.92 Å². The molecule has 1 fully saturated rings. The van der Waals surface area contributed by atoms with Crippen LogP contribution in [0.4, 0.5) is 4.79 Å². The monoisotopic (exact) mass is 472 g/mol. The molecule has 0 saturated carbocycles. The Hall–Kier alpha value is -2.38. The van der Waals surface area contributed by atoms with Gasteiger partial charge in [0.15, 0.2) is 0 Å². The minimum atomic E-state index is -0.188. The van der Waals surface area contributed by atoms with E-state index in [9.17, 15) is 9.59 Å². The molecule has 1 aliphatic heterocycles. The van der Waals surface area contributed by atoms with Crippen molar-refractivity contribution in [1.82, 2.24) is 20.9 Å². The average molecular weight is 473 g/mol. The maximum absolute atomic E-state index is 12.1. The Labute approximate surface area is 186 Å². The van der Waals surface area contributed by atoms with Crippen LogP contribution in [0.1, 0.15) is 28.8 Å². The van der Waals surface area contributed by atoms with Crippen LogP contribution in [0.5, 0.6) is 0 Å². The molecule has 3 amide bonds. The van der Waals surface area contributed by atoms with Crippen LogP contribution in [0.25, 0.3) is 0 Å². The van der Waals surface area contributed by atoms with E-state index in [1.54, 1.807) is 12.1 Å². The van der Waals surface area contributed by atoms with Gasteiger partial charge in [0.05, 0.1) is 0 Å². The first-order valence-electron chi connectivity index (χ1n) is 10.4. The molecule has 1 aliphatic rings. The minimum absolute atomic E-state index is 0.153. The lowest BCUT2D eigenvalue weighted by Gasteiger charge is -2.32. The van der Waals surface area contributed by atoms with Crippen LogP contribution < -0.4 is 16.0 Å². The summed E-state index contributed by atoms with van der Waals surface area (Å²) in [6, 6.07) is 17.5. The highest BCUT2D eigenvalue weighted by Crippen LogP contribution is 2.18. The molecule has 1 heterocycles. The zero-order valence-corrected chi connectivity index (χ0v) is 18.7. The predicted octanol–water partition coefficient (Wildman–Crippen LogP) is 3.39. The summed E-state index contributed by atoms with van der Waals surface area (Å²) in [5.74, 6) is 0.309. The molecule has 0 aromatic heterocycles. The van der Waals surface area contributed by atoms with Crippen molar-refractivity contribution in [1.29, 1.82) is 0 Å². The van der Waals surface area contributed by atoms with Crippen molar-refractivity contribution in [2.45, 2.75) is 19.4 Å². The third-order valence-electron chi connectivity index (χ3n) is 5.19. The van der Waals surface area contributed by atoms with Crippen LogP contribution >= 0.6 is 15.9 Å². The van der Waals surface area contributed by atoms with Gasteiger partial charge in [-0.2, -0.15) is 0 Å². The molecule has 160 valence electrons. The number of amides is 3. The van der Waals surface area contributed by atoms with E-state index in [4.69, 9.17) is 0 Å². The van der Waals surface area contributed by atoms with Gasteiger partial charge in [0.25, 0.3) is 5.91 Å². The number of likely N-dealkylation sites (tertiary alicyclic amines) is 1. The maximum atomic E-state index is 12.1. The van der Waals surface area contributed by atoms with Gasteiger partial charge in [-0.25, -0.2) is 4.79 Å². The number of carbonyl (C=O) groups excluding carboxylic acids is 2. The first kappa shape index (κ1) is 22.3.